The Morgan fingerprint density at radius 1 is 0.920 bits per heavy atom. The average Bonchev–Trinajstić information content (AvgIpc) is 2.87. The molecular weight excluding hydrogens is 323 g/mol. The van der Waals surface area contributed by atoms with E-state index in [4.69, 9.17) is 5.11 Å². The van der Waals surface area contributed by atoms with Gasteiger partial charge in [-0.15, -0.1) is 0 Å². The summed E-state index contributed by atoms with van der Waals surface area (Å²) in [7, 11) is 0. The number of aromatic carboxylic acids is 1. The number of amides is 1. The van der Waals surface area contributed by atoms with Crippen LogP contribution < -0.4 is 4.90 Å². The van der Waals surface area contributed by atoms with Crippen LogP contribution in [0.3, 0.4) is 0 Å². The second-order valence-electron chi connectivity index (χ2n) is 5.97. The molecule has 0 bridgehead atoms. The third kappa shape index (κ3) is 3.79. The highest BCUT2D eigenvalue weighted by molar-refractivity contribution is 5.97. The van der Waals surface area contributed by atoms with Gasteiger partial charge in [0.1, 0.15) is 5.82 Å². The van der Waals surface area contributed by atoms with Crippen LogP contribution >= 0.6 is 0 Å². The smallest absolute Gasteiger partial charge is 0.335 e. The Labute approximate surface area is 145 Å². The van der Waals surface area contributed by atoms with Crippen LogP contribution in [0, 0.1) is 5.82 Å². The van der Waals surface area contributed by atoms with Crippen LogP contribution in [-0.4, -0.2) is 48.1 Å². The maximum absolute atomic E-state index is 14.0. The Hall–Kier alpha value is -2.89. The number of carbonyl (C=O) groups excluding carboxylic acids is 1. The largest absolute Gasteiger partial charge is 0.478 e. The first kappa shape index (κ1) is 17.0. The molecule has 0 aliphatic carbocycles. The summed E-state index contributed by atoms with van der Waals surface area (Å²) >= 11 is 0. The van der Waals surface area contributed by atoms with Crippen molar-refractivity contribution in [2.24, 2.45) is 0 Å². The standard InChI is InChI=1S/C19H19FN2O3/c20-16-7-1-2-8-17(16)21-9-4-10-22(12-11-21)18(23)14-5-3-6-15(13-14)19(24)25/h1-3,5-8,13H,4,9-12H2,(H,24,25). The molecule has 1 heterocycles. The molecule has 25 heavy (non-hydrogen) atoms. The highest BCUT2D eigenvalue weighted by Crippen LogP contribution is 2.21. The van der Waals surface area contributed by atoms with Gasteiger partial charge in [0.2, 0.25) is 0 Å². The molecule has 6 heteroatoms. The molecule has 0 atom stereocenters. The molecule has 1 aliphatic rings. The van der Waals surface area contributed by atoms with Gasteiger partial charge in [-0.05, 0) is 36.8 Å². The number of anilines is 1. The monoisotopic (exact) mass is 342 g/mol. The molecule has 1 saturated heterocycles. The summed E-state index contributed by atoms with van der Waals surface area (Å²) in [6, 6.07) is 12.7. The minimum Gasteiger partial charge on any atom is -0.478 e. The second kappa shape index (κ2) is 7.34. The predicted molar refractivity (Wildman–Crippen MR) is 92.5 cm³/mol. The van der Waals surface area contributed by atoms with Gasteiger partial charge in [-0.1, -0.05) is 18.2 Å². The highest BCUT2D eigenvalue weighted by Gasteiger charge is 2.22. The maximum Gasteiger partial charge on any atom is 0.335 e. The third-order valence-corrected chi connectivity index (χ3v) is 4.33. The van der Waals surface area contributed by atoms with Crippen molar-refractivity contribution in [2.75, 3.05) is 31.1 Å². The fourth-order valence-corrected chi connectivity index (χ4v) is 3.04. The zero-order valence-electron chi connectivity index (χ0n) is 13.7. The molecule has 0 unspecified atom stereocenters. The Kier molecular flexibility index (Phi) is 4.97. The van der Waals surface area contributed by atoms with Gasteiger partial charge in [0, 0.05) is 31.7 Å². The molecule has 2 aromatic rings. The van der Waals surface area contributed by atoms with Crippen LogP contribution in [0.1, 0.15) is 27.1 Å². The number of para-hydroxylation sites is 1. The van der Waals surface area contributed by atoms with Crippen LogP contribution in [0.15, 0.2) is 48.5 Å². The number of rotatable bonds is 3. The third-order valence-electron chi connectivity index (χ3n) is 4.33. The summed E-state index contributed by atoms with van der Waals surface area (Å²) in [4.78, 5) is 27.4. The summed E-state index contributed by atoms with van der Waals surface area (Å²) in [5, 5.41) is 9.07. The normalized spacial score (nSPS) is 14.9. The van der Waals surface area contributed by atoms with Gasteiger partial charge in [-0.2, -0.15) is 0 Å². The van der Waals surface area contributed by atoms with Crippen molar-refractivity contribution in [1.82, 2.24) is 4.90 Å². The van der Waals surface area contributed by atoms with E-state index < -0.39 is 5.97 Å². The van der Waals surface area contributed by atoms with Crippen LogP contribution in [0.25, 0.3) is 0 Å². The van der Waals surface area contributed by atoms with Crippen LogP contribution in [0.4, 0.5) is 10.1 Å². The molecule has 0 spiro atoms. The van der Waals surface area contributed by atoms with E-state index in [1.807, 2.05) is 4.90 Å². The van der Waals surface area contributed by atoms with Crippen LogP contribution in [0.5, 0.6) is 0 Å². The van der Waals surface area contributed by atoms with E-state index in [9.17, 15) is 14.0 Å². The Bertz CT molecular complexity index is 794. The lowest BCUT2D eigenvalue weighted by Crippen LogP contribution is -2.35. The van der Waals surface area contributed by atoms with Crippen molar-refractivity contribution in [1.29, 1.82) is 0 Å². The van der Waals surface area contributed by atoms with Crippen molar-refractivity contribution in [2.45, 2.75) is 6.42 Å². The highest BCUT2D eigenvalue weighted by atomic mass is 19.1. The van der Waals surface area contributed by atoms with E-state index in [0.29, 0.717) is 37.4 Å². The SMILES string of the molecule is O=C(O)c1cccc(C(=O)N2CCCN(c3ccccc3F)CC2)c1. The van der Waals surface area contributed by atoms with E-state index >= 15 is 0 Å². The fraction of sp³-hybridized carbons (Fsp3) is 0.263. The number of nitrogens with zero attached hydrogens (tertiary/aromatic N) is 2. The molecule has 1 N–H and O–H groups in total. The number of hydrogen-bond donors (Lipinski definition) is 1. The van der Waals surface area contributed by atoms with Gasteiger partial charge in [-0.25, -0.2) is 9.18 Å². The number of carboxylic acids is 1. The minimum atomic E-state index is -1.06. The topological polar surface area (TPSA) is 60.9 Å². The van der Waals surface area contributed by atoms with Gasteiger partial charge in [0.25, 0.3) is 5.91 Å². The Morgan fingerprint density at radius 2 is 1.68 bits per heavy atom. The van der Waals surface area contributed by atoms with E-state index in [1.165, 1.54) is 18.2 Å². The molecule has 1 amide bonds. The zero-order valence-corrected chi connectivity index (χ0v) is 13.7. The van der Waals surface area contributed by atoms with Crippen LogP contribution in [0.2, 0.25) is 0 Å². The van der Waals surface area contributed by atoms with Gasteiger partial charge in [0.15, 0.2) is 0 Å². The summed E-state index contributed by atoms with van der Waals surface area (Å²) < 4.78 is 14.0. The molecule has 0 saturated carbocycles. The quantitative estimate of drug-likeness (QED) is 0.932. The Morgan fingerprint density at radius 3 is 2.44 bits per heavy atom. The van der Waals surface area contributed by atoms with E-state index in [2.05, 4.69) is 0 Å². The summed E-state index contributed by atoms with van der Waals surface area (Å²) in [5.41, 5.74) is 0.998. The molecule has 2 aromatic carbocycles. The van der Waals surface area contributed by atoms with Crippen molar-refractivity contribution >= 4 is 17.6 Å². The molecule has 5 nitrogen and oxygen atoms in total. The Balaban J connectivity index is 1.73. The number of hydrogen-bond acceptors (Lipinski definition) is 3. The number of benzene rings is 2. The zero-order chi connectivity index (χ0) is 17.8. The summed E-state index contributed by atoms with van der Waals surface area (Å²) in [6.45, 7) is 2.22. The van der Waals surface area contributed by atoms with E-state index in [0.717, 1.165) is 6.42 Å². The first-order valence-corrected chi connectivity index (χ1v) is 8.18. The van der Waals surface area contributed by atoms with Crippen LogP contribution in [-0.2, 0) is 0 Å². The molecule has 1 aliphatic heterocycles. The predicted octanol–water partition coefficient (Wildman–Crippen LogP) is 2.88. The second-order valence-corrected chi connectivity index (χ2v) is 5.97. The molecule has 3 rings (SSSR count). The average molecular weight is 342 g/mol. The lowest BCUT2D eigenvalue weighted by molar-refractivity contribution is 0.0697. The lowest BCUT2D eigenvalue weighted by atomic mass is 10.1. The fourth-order valence-electron chi connectivity index (χ4n) is 3.04. The molecule has 0 radical (unpaired) electrons. The maximum atomic E-state index is 14.0. The number of carboxylic acid groups (broad SMARTS) is 1. The van der Waals surface area contributed by atoms with Crippen molar-refractivity contribution in [3.63, 3.8) is 0 Å². The van der Waals surface area contributed by atoms with Crippen molar-refractivity contribution < 1.29 is 19.1 Å². The summed E-state index contributed by atoms with van der Waals surface area (Å²) in [6.07, 6.45) is 0.721. The van der Waals surface area contributed by atoms with Gasteiger partial charge in [0.05, 0.1) is 11.3 Å². The van der Waals surface area contributed by atoms with E-state index in [-0.39, 0.29) is 17.3 Å². The summed E-state index contributed by atoms with van der Waals surface area (Å²) in [5.74, 6) is -1.52. The first-order chi connectivity index (χ1) is 12.1. The van der Waals surface area contributed by atoms with Gasteiger partial charge < -0.3 is 14.9 Å². The molecule has 130 valence electrons. The molecule has 0 aromatic heterocycles. The first-order valence-electron chi connectivity index (χ1n) is 8.18. The lowest BCUT2D eigenvalue weighted by Gasteiger charge is -2.24. The minimum absolute atomic E-state index is 0.0913. The molecule has 1 fully saturated rings. The van der Waals surface area contributed by atoms with Crippen molar-refractivity contribution in [3.05, 3.63) is 65.5 Å². The molecular formula is C19H19FN2O3. The van der Waals surface area contributed by atoms with E-state index in [1.54, 1.807) is 35.2 Å². The van der Waals surface area contributed by atoms with Gasteiger partial charge in [-0.3, -0.25) is 4.79 Å². The number of halogens is 1. The number of carbonyl (C=O) groups is 2. The van der Waals surface area contributed by atoms with Crippen molar-refractivity contribution in [3.8, 4) is 0 Å². The van der Waals surface area contributed by atoms with Gasteiger partial charge >= 0.3 is 5.97 Å².